The van der Waals surface area contributed by atoms with Crippen LogP contribution in [0.1, 0.15) is 12.8 Å². The lowest BCUT2D eigenvalue weighted by molar-refractivity contribution is -0.135. The second-order valence-corrected chi connectivity index (χ2v) is 4.18. The molecule has 2 amide bonds. The van der Waals surface area contributed by atoms with E-state index >= 15 is 0 Å². The highest BCUT2D eigenvalue weighted by atomic mass is 16.2. The number of carbonyl (C=O) groups excluding carboxylic acids is 2. The highest BCUT2D eigenvalue weighted by molar-refractivity contribution is 5.85. The van der Waals surface area contributed by atoms with Crippen molar-refractivity contribution in [1.29, 1.82) is 0 Å². The number of carbonyl (C=O) groups is 2. The van der Waals surface area contributed by atoms with Crippen molar-refractivity contribution in [3.63, 3.8) is 0 Å². The van der Waals surface area contributed by atoms with Crippen molar-refractivity contribution in [2.24, 2.45) is 5.92 Å². The van der Waals surface area contributed by atoms with Gasteiger partial charge in [-0.15, -0.1) is 0 Å². The SMILES string of the molecule is CNCC(=O)N1CCCC2C(=O)NCC21. The molecule has 2 aliphatic rings. The summed E-state index contributed by atoms with van der Waals surface area (Å²) in [6.07, 6.45) is 1.85. The van der Waals surface area contributed by atoms with Crippen molar-refractivity contribution in [2.75, 3.05) is 26.7 Å². The van der Waals surface area contributed by atoms with Crippen molar-refractivity contribution < 1.29 is 9.59 Å². The van der Waals surface area contributed by atoms with Gasteiger partial charge in [0.2, 0.25) is 11.8 Å². The summed E-state index contributed by atoms with van der Waals surface area (Å²) in [5.41, 5.74) is 0. The molecule has 0 bridgehead atoms. The largest absolute Gasteiger partial charge is 0.354 e. The number of piperidine rings is 1. The van der Waals surface area contributed by atoms with Crippen molar-refractivity contribution in [2.45, 2.75) is 18.9 Å². The molecule has 2 heterocycles. The molecule has 0 aromatic heterocycles. The summed E-state index contributed by atoms with van der Waals surface area (Å²) in [5, 5.41) is 5.69. The van der Waals surface area contributed by atoms with Crippen molar-refractivity contribution >= 4 is 11.8 Å². The average molecular weight is 211 g/mol. The van der Waals surface area contributed by atoms with Crippen LogP contribution >= 0.6 is 0 Å². The first-order valence-corrected chi connectivity index (χ1v) is 5.46. The molecule has 0 aliphatic carbocycles. The Morgan fingerprint density at radius 3 is 3.20 bits per heavy atom. The van der Waals surface area contributed by atoms with E-state index < -0.39 is 0 Å². The minimum Gasteiger partial charge on any atom is -0.354 e. The van der Waals surface area contributed by atoms with E-state index in [0.717, 1.165) is 19.4 Å². The van der Waals surface area contributed by atoms with Crippen LogP contribution in [0, 0.1) is 5.92 Å². The highest BCUT2D eigenvalue weighted by Gasteiger charge is 2.42. The third-order valence-electron chi connectivity index (χ3n) is 3.25. The lowest BCUT2D eigenvalue weighted by Gasteiger charge is -2.35. The molecular formula is C10H17N3O2. The molecule has 2 aliphatic heterocycles. The van der Waals surface area contributed by atoms with Gasteiger partial charge >= 0.3 is 0 Å². The smallest absolute Gasteiger partial charge is 0.236 e. The number of rotatable bonds is 2. The molecule has 15 heavy (non-hydrogen) atoms. The number of nitrogens with one attached hydrogen (secondary N) is 2. The van der Waals surface area contributed by atoms with Crippen LogP contribution in [0.25, 0.3) is 0 Å². The molecule has 84 valence electrons. The molecule has 2 unspecified atom stereocenters. The predicted octanol–water partition coefficient (Wildman–Crippen LogP) is -1.06. The number of likely N-dealkylation sites (N-methyl/N-ethyl adjacent to an activating group) is 1. The molecule has 0 aromatic rings. The fourth-order valence-corrected chi connectivity index (χ4v) is 2.51. The van der Waals surface area contributed by atoms with Crippen molar-refractivity contribution in [3.05, 3.63) is 0 Å². The Bertz CT molecular complexity index is 280. The van der Waals surface area contributed by atoms with Gasteiger partial charge in [0.1, 0.15) is 0 Å². The predicted molar refractivity (Wildman–Crippen MR) is 55.2 cm³/mol. The first kappa shape index (κ1) is 10.4. The van der Waals surface area contributed by atoms with Crippen LogP contribution in [0.15, 0.2) is 0 Å². The van der Waals surface area contributed by atoms with E-state index in [4.69, 9.17) is 0 Å². The maximum atomic E-state index is 11.8. The third-order valence-corrected chi connectivity index (χ3v) is 3.25. The molecule has 2 fully saturated rings. The van der Waals surface area contributed by atoms with Gasteiger partial charge in [-0.05, 0) is 19.9 Å². The van der Waals surface area contributed by atoms with Crippen LogP contribution < -0.4 is 10.6 Å². The first-order chi connectivity index (χ1) is 7.24. The molecule has 0 aromatic carbocycles. The summed E-state index contributed by atoms with van der Waals surface area (Å²) in [6, 6.07) is 0.0899. The molecule has 2 N–H and O–H groups in total. The highest BCUT2D eigenvalue weighted by Crippen LogP contribution is 2.27. The fraction of sp³-hybridized carbons (Fsp3) is 0.800. The molecular weight excluding hydrogens is 194 g/mol. The molecule has 0 radical (unpaired) electrons. The van der Waals surface area contributed by atoms with Gasteiger partial charge < -0.3 is 15.5 Å². The minimum absolute atomic E-state index is 0.0274. The van der Waals surface area contributed by atoms with Crippen LogP contribution in [0.3, 0.4) is 0 Å². The zero-order valence-electron chi connectivity index (χ0n) is 8.95. The van der Waals surface area contributed by atoms with Crippen LogP contribution in [0.4, 0.5) is 0 Å². The topological polar surface area (TPSA) is 61.4 Å². The summed E-state index contributed by atoms with van der Waals surface area (Å²) >= 11 is 0. The van der Waals surface area contributed by atoms with Crippen LogP contribution in [0.2, 0.25) is 0 Å². The first-order valence-electron chi connectivity index (χ1n) is 5.46. The van der Waals surface area contributed by atoms with Gasteiger partial charge in [0.15, 0.2) is 0 Å². The number of hydrogen-bond donors (Lipinski definition) is 2. The van der Waals surface area contributed by atoms with Gasteiger partial charge in [-0.2, -0.15) is 0 Å². The van der Waals surface area contributed by atoms with Gasteiger partial charge in [0.25, 0.3) is 0 Å². The molecule has 2 atom stereocenters. The summed E-state index contributed by atoms with van der Waals surface area (Å²) in [5.74, 6) is 0.241. The van der Waals surface area contributed by atoms with E-state index in [-0.39, 0.29) is 23.8 Å². The van der Waals surface area contributed by atoms with Crippen molar-refractivity contribution in [1.82, 2.24) is 15.5 Å². The van der Waals surface area contributed by atoms with Gasteiger partial charge in [-0.25, -0.2) is 0 Å². The van der Waals surface area contributed by atoms with Gasteiger partial charge in [-0.1, -0.05) is 0 Å². The standard InChI is InChI=1S/C10H17N3O2/c1-11-6-9(14)13-4-2-3-7-8(13)5-12-10(7)15/h7-8,11H,2-6H2,1H3,(H,12,15). The molecule has 5 nitrogen and oxygen atoms in total. The lowest BCUT2D eigenvalue weighted by Crippen LogP contribution is -2.51. The Labute approximate surface area is 89.2 Å². The Hall–Kier alpha value is -1.10. The van der Waals surface area contributed by atoms with E-state index in [1.54, 1.807) is 7.05 Å². The maximum Gasteiger partial charge on any atom is 0.236 e. The average Bonchev–Trinajstić information content (AvgIpc) is 2.61. The molecule has 2 saturated heterocycles. The summed E-state index contributed by atoms with van der Waals surface area (Å²) < 4.78 is 0. The second-order valence-electron chi connectivity index (χ2n) is 4.18. The molecule has 2 rings (SSSR count). The monoisotopic (exact) mass is 211 g/mol. The number of amides is 2. The van der Waals surface area contributed by atoms with Crippen LogP contribution in [-0.2, 0) is 9.59 Å². The Kier molecular flexibility index (Phi) is 2.90. The summed E-state index contributed by atoms with van der Waals surface area (Å²) in [7, 11) is 1.76. The fourth-order valence-electron chi connectivity index (χ4n) is 2.51. The molecule has 0 saturated carbocycles. The van der Waals surface area contributed by atoms with Crippen LogP contribution in [-0.4, -0.2) is 49.4 Å². The van der Waals surface area contributed by atoms with Crippen LogP contribution in [0.5, 0.6) is 0 Å². The molecule has 5 heteroatoms. The molecule has 0 spiro atoms. The van der Waals surface area contributed by atoms with E-state index in [1.165, 1.54) is 0 Å². The summed E-state index contributed by atoms with van der Waals surface area (Å²) in [4.78, 5) is 25.1. The minimum atomic E-state index is 0.0274. The number of likely N-dealkylation sites (tertiary alicyclic amines) is 1. The van der Waals surface area contributed by atoms with E-state index in [2.05, 4.69) is 10.6 Å². The zero-order chi connectivity index (χ0) is 10.8. The van der Waals surface area contributed by atoms with Gasteiger partial charge in [-0.3, -0.25) is 9.59 Å². The van der Waals surface area contributed by atoms with E-state index in [1.807, 2.05) is 4.90 Å². The Morgan fingerprint density at radius 1 is 1.67 bits per heavy atom. The lowest BCUT2D eigenvalue weighted by atomic mass is 9.91. The normalized spacial score (nSPS) is 29.9. The second kappa shape index (κ2) is 4.18. The number of fused-ring (bicyclic) bond motifs is 1. The number of hydrogen-bond acceptors (Lipinski definition) is 3. The summed E-state index contributed by atoms with van der Waals surface area (Å²) in [6.45, 7) is 1.77. The van der Waals surface area contributed by atoms with E-state index in [9.17, 15) is 9.59 Å². The Balaban J connectivity index is 2.06. The quantitative estimate of drug-likeness (QED) is 0.612. The third kappa shape index (κ3) is 1.84. The zero-order valence-corrected chi connectivity index (χ0v) is 8.95. The van der Waals surface area contributed by atoms with Gasteiger partial charge in [0, 0.05) is 13.1 Å². The maximum absolute atomic E-state index is 11.8. The Morgan fingerprint density at radius 2 is 2.47 bits per heavy atom. The van der Waals surface area contributed by atoms with E-state index in [0.29, 0.717) is 13.1 Å². The van der Waals surface area contributed by atoms with Crippen molar-refractivity contribution in [3.8, 4) is 0 Å². The number of nitrogens with zero attached hydrogens (tertiary/aromatic N) is 1. The van der Waals surface area contributed by atoms with Gasteiger partial charge in [0.05, 0.1) is 18.5 Å².